The fourth-order valence-electron chi connectivity index (χ4n) is 3.74. The quantitative estimate of drug-likeness (QED) is 0.437. The molecule has 0 spiro atoms. The first-order chi connectivity index (χ1) is 15.7. The van der Waals surface area contributed by atoms with E-state index in [1.54, 1.807) is 43.3 Å². The van der Waals surface area contributed by atoms with Crippen LogP contribution in [0.15, 0.2) is 78.0 Å². The number of nitrogens with one attached hydrogen (secondary N) is 2. The molecule has 8 heteroatoms. The third-order valence-corrected chi connectivity index (χ3v) is 5.91. The van der Waals surface area contributed by atoms with Gasteiger partial charge >= 0.3 is 6.03 Å². The van der Waals surface area contributed by atoms with E-state index in [4.69, 9.17) is 23.2 Å². The summed E-state index contributed by atoms with van der Waals surface area (Å²) in [6.07, 6.45) is 0. The summed E-state index contributed by atoms with van der Waals surface area (Å²) in [5.41, 5.74) is 3.37. The van der Waals surface area contributed by atoms with Crippen LogP contribution in [0.2, 0.25) is 10.0 Å². The van der Waals surface area contributed by atoms with Crippen LogP contribution in [0.5, 0.6) is 0 Å². The molecule has 0 saturated heterocycles. The Hall–Kier alpha value is -3.35. The molecule has 0 aliphatic carbocycles. The highest BCUT2D eigenvalue weighted by molar-refractivity contribution is 6.31. The molecular weight excluding hydrogens is 464 g/mol. The lowest BCUT2D eigenvalue weighted by Crippen LogP contribution is -2.48. The van der Waals surface area contributed by atoms with E-state index in [1.807, 2.05) is 19.1 Å². The largest absolute Gasteiger partial charge is 0.326 e. The zero-order valence-electron chi connectivity index (χ0n) is 17.8. The fourth-order valence-corrected chi connectivity index (χ4v) is 4.12. The van der Waals surface area contributed by atoms with Crippen LogP contribution in [0.3, 0.4) is 0 Å². The molecule has 1 heterocycles. The number of allylic oxidation sites excluding steroid dienone is 1. The molecule has 3 aromatic carbocycles. The standard InChI is InChI=1S/C25H20Cl2FN3O2/c1-14-6-8-18(9-7-14)29-24(32)22-15(2)31(19-10-11-21(28)20(27)13-19)25(33)30-23(22)16-4-3-5-17(26)12-16/h3-13,23H,1-2H3,(H,29,32)(H,30,33). The Balaban J connectivity index is 1.82. The van der Waals surface area contributed by atoms with Gasteiger partial charge in [-0.15, -0.1) is 0 Å². The lowest BCUT2D eigenvalue weighted by atomic mass is 9.94. The van der Waals surface area contributed by atoms with Crippen molar-refractivity contribution in [3.8, 4) is 0 Å². The molecule has 5 nitrogen and oxygen atoms in total. The first-order valence-corrected chi connectivity index (χ1v) is 10.9. The predicted molar refractivity (Wildman–Crippen MR) is 129 cm³/mol. The number of aryl methyl sites for hydroxylation is 1. The SMILES string of the molecule is CC1=C(C(=O)Nc2ccc(C)cc2)C(c2cccc(Cl)c2)NC(=O)N1c1ccc(F)c(Cl)c1. The number of hydrogen-bond acceptors (Lipinski definition) is 2. The third-order valence-electron chi connectivity index (χ3n) is 5.38. The fraction of sp³-hybridized carbons (Fsp3) is 0.120. The molecule has 2 N–H and O–H groups in total. The second-order valence-corrected chi connectivity index (χ2v) is 8.53. The monoisotopic (exact) mass is 483 g/mol. The van der Waals surface area contributed by atoms with Crippen molar-refractivity contribution in [1.29, 1.82) is 0 Å². The van der Waals surface area contributed by atoms with Crippen LogP contribution in [0.25, 0.3) is 0 Å². The van der Waals surface area contributed by atoms with E-state index in [9.17, 15) is 14.0 Å². The average molecular weight is 484 g/mol. The molecule has 0 fully saturated rings. The first kappa shape index (κ1) is 22.8. The number of hydrogen-bond donors (Lipinski definition) is 2. The second-order valence-electron chi connectivity index (χ2n) is 7.69. The van der Waals surface area contributed by atoms with E-state index in [2.05, 4.69) is 10.6 Å². The van der Waals surface area contributed by atoms with Crippen molar-refractivity contribution < 1.29 is 14.0 Å². The molecule has 0 bridgehead atoms. The van der Waals surface area contributed by atoms with Gasteiger partial charge in [0.25, 0.3) is 5.91 Å². The summed E-state index contributed by atoms with van der Waals surface area (Å²) < 4.78 is 13.7. The van der Waals surface area contributed by atoms with Crippen molar-refractivity contribution in [3.05, 3.63) is 105 Å². The zero-order chi connectivity index (χ0) is 23.7. The Morgan fingerprint density at radius 2 is 1.76 bits per heavy atom. The van der Waals surface area contributed by atoms with Gasteiger partial charge in [0.15, 0.2) is 0 Å². The first-order valence-electron chi connectivity index (χ1n) is 10.1. The van der Waals surface area contributed by atoms with Crippen LogP contribution in [0.4, 0.5) is 20.6 Å². The summed E-state index contributed by atoms with van der Waals surface area (Å²) in [5.74, 6) is -0.992. The van der Waals surface area contributed by atoms with Gasteiger partial charge in [0.1, 0.15) is 5.82 Å². The van der Waals surface area contributed by atoms with Crippen LogP contribution < -0.4 is 15.5 Å². The summed E-state index contributed by atoms with van der Waals surface area (Å²) >= 11 is 12.1. The maximum absolute atomic E-state index is 13.7. The van der Waals surface area contributed by atoms with Crippen LogP contribution in [-0.4, -0.2) is 11.9 Å². The number of carbonyl (C=O) groups excluding carboxylic acids is 2. The molecule has 4 rings (SSSR count). The number of nitrogens with zero attached hydrogens (tertiary/aromatic N) is 1. The highest BCUT2D eigenvalue weighted by Crippen LogP contribution is 2.36. The molecule has 1 atom stereocenters. The third kappa shape index (κ3) is 4.72. The molecule has 33 heavy (non-hydrogen) atoms. The molecule has 1 aliphatic heterocycles. The van der Waals surface area contributed by atoms with E-state index < -0.39 is 17.9 Å². The molecule has 1 aliphatic rings. The number of urea groups is 1. The Kier molecular flexibility index (Phi) is 6.40. The Morgan fingerprint density at radius 1 is 1.03 bits per heavy atom. The molecule has 1 unspecified atom stereocenters. The number of carbonyl (C=O) groups is 2. The van der Waals surface area contributed by atoms with Gasteiger partial charge < -0.3 is 10.6 Å². The Morgan fingerprint density at radius 3 is 2.42 bits per heavy atom. The lowest BCUT2D eigenvalue weighted by Gasteiger charge is -2.36. The maximum atomic E-state index is 13.7. The van der Waals surface area contributed by atoms with E-state index in [1.165, 1.54) is 23.1 Å². The minimum absolute atomic E-state index is 0.129. The van der Waals surface area contributed by atoms with Gasteiger partial charge in [-0.1, -0.05) is 53.0 Å². The van der Waals surface area contributed by atoms with E-state index >= 15 is 0 Å². The second kappa shape index (κ2) is 9.25. The van der Waals surface area contributed by atoms with Gasteiger partial charge in [0.2, 0.25) is 0 Å². The molecule has 0 saturated carbocycles. The maximum Gasteiger partial charge on any atom is 0.326 e. The van der Waals surface area contributed by atoms with Crippen molar-refractivity contribution in [2.75, 3.05) is 10.2 Å². The molecule has 0 radical (unpaired) electrons. The van der Waals surface area contributed by atoms with Gasteiger partial charge in [-0.05, 0) is 61.9 Å². The normalized spacial score (nSPS) is 16.0. The Bertz CT molecular complexity index is 1270. The summed E-state index contributed by atoms with van der Waals surface area (Å²) in [7, 11) is 0. The highest BCUT2D eigenvalue weighted by Gasteiger charge is 2.36. The van der Waals surface area contributed by atoms with Crippen molar-refractivity contribution >= 4 is 46.5 Å². The van der Waals surface area contributed by atoms with Crippen molar-refractivity contribution in [3.63, 3.8) is 0 Å². The van der Waals surface area contributed by atoms with Crippen LogP contribution in [0.1, 0.15) is 24.1 Å². The van der Waals surface area contributed by atoms with E-state index in [0.717, 1.165) is 5.56 Å². The highest BCUT2D eigenvalue weighted by atomic mass is 35.5. The van der Waals surface area contributed by atoms with Gasteiger partial charge in [-0.3, -0.25) is 9.69 Å². The Labute approximate surface area is 200 Å². The summed E-state index contributed by atoms with van der Waals surface area (Å²) in [6, 6.07) is 17.1. The van der Waals surface area contributed by atoms with E-state index in [-0.39, 0.29) is 10.9 Å². The van der Waals surface area contributed by atoms with Crippen LogP contribution in [-0.2, 0) is 4.79 Å². The lowest BCUT2D eigenvalue weighted by molar-refractivity contribution is -0.113. The summed E-state index contributed by atoms with van der Waals surface area (Å²) in [4.78, 5) is 27.9. The molecule has 3 amide bonds. The van der Waals surface area contributed by atoms with Crippen LogP contribution >= 0.6 is 23.2 Å². The average Bonchev–Trinajstić information content (AvgIpc) is 2.77. The smallest absolute Gasteiger partial charge is 0.326 e. The number of anilines is 2. The van der Waals surface area contributed by atoms with E-state index in [0.29, 0.717) is 33.2 Å². The minimum atomic E-state index is -0.742. The van der Waals surface area contributed by atoms with Gasteiger partial charge in [-0.2, -0.15) is 0 Å². The minimum Gasteiger partial charge on any atom is -0.326 e. The molecule has 168 valence electrons. The van der Waals surface area contributed by atoms with Crippen LogP contribution in [0, 0.1) is 12.7 Å². The predicted octanol–water partition coefficient (Wildman–Crippen LogP) is 6.62. The molecule has 3 aromatic rings. The number of rotatable bonds is 4. The van der Waals surface area contributed by atoms with Gasteiger partial charge in [0.05, 0.1) is 22.3 Å². The van der Waals surface area contributed by atoms with Crippen molar-refractivity contribution in [2.45, 2.75) is 19.9 Å². The number of amides is 3. The van der Waals surface area contributed by atoms with Crippen molar-refractivity contribution in [1.82, 2.24) is 5.32 Å². The number of halogens is 3. The zero-order valence-corrected chi connectivity index (χ0v) is 19.3. The topological polar surface area (TPSA) is 61.4 Å². The van der Waals surface area contributed by atoms with Gasteiger partial charge in [0, 0.05) is 16.4 Å². The molecular formula is C25H20Cl2FN3O2. The van der Waals surface area contributed by atoms with Crippen molar-refractivity contribution in [2.24, 2.45) is 0 Å². The summed E-state index contributed by atoms with van der Waals surface area (Å²) in [5, 5.41) is 6.12. The van der Waals surface area contributed by atoms with Gasteiger partial charge in [-0.25, -0.2) is 9.18 Å². The molecule has 0 aromatic heterocycles. The number of benzene rings is 3. The summed E-state index contributed by atoms with van der Waals surface area (Å²) in [6.45, 7) is 3.62.